The maximum atomic E-state index is 13.0. The molecule has 0 saturated carbocycles. The van der Waals surface area contributed by atoms with Gasteiger partial charge < -0.3 is 0 Å². The third-order valence-corrected chi connectivity index (χ3v) is 3.26. The van der Waals surface area contributed by atoms with Gasteiger partial charge in [-0.2, -0.15) is 0 Å². The van der Waals surface area contributed by atoms with Crippen molar-refractivity contribution in [3.63, 3.8) is 0 Å². The van der Waals surface area contributed by atoms with Gasteiger partial charge in [0.05, 0.1) is 0 Å². The molecule has 0 aliphatic heterocycles. The van der Waals surface area contributed by atoms with Crippen molar-refractivity contribution in [1.82, 2.24) is 0 Å². The minimum atomic E-state index is -0.992. The van der Waals surface area contributed by atoms with Crippen molar-refractivity contribution >= 4 is 21.7 Å². The summed E-state index contributed by atoms with van der Waals surface area (Å²) >= 11 is 3.36. The number of halogens is 3. The van der Waals surface area contributed by atoms with Crippen LogP contribution in [0.15, 0.2) is 46.9 Å². The number of hydrogen-bond donors (Lipinski definition) is 0. The Morgan fingerprint density at radius 1 is 1.05 bits per heavy atom. The maximum absolute atomic E-state index is 13.0. The molecule has 98 valence electrons. The number of aryl methyl sites for hydroxylation is 1. The van der Waals surface area contributed by atoms with Gasteiger partial charge in [-0.3, -0.25) is 4.79 Å². The summed E-state index contributed by atoms with van der Waals surface area (Å²) in [6.07, 6.45) is 0.832. The number of rotatable bonds is 4. The summed E-state index contributed by atoms with van der Waals surface area (Å²) < 4.78 is 26.7. The van der Waals surface area contributed by atoms with Crippen LogP contribution in [0.3, 0.4) is 0 Å². The van der Waals surface area contributed by atoms with Crippen molar-refractivity contribution in [2.75, 3.05) is 0 Å². The third kappa shape index (κ3) is 3.70. The first-order valence-electron chi connectivity index (χ1n) is 5.79. The van der Waals surface area contributed by atoms with E-state index in [1.807, 2.05) is 24.3 Å². The monoisotopic (exact) mass is 324 g/mol. The van der Waals surface area contributed by atoms with E-state index >= 15 is 0 Å². The molecule has 0 aliphatic carbocycles. The van der Waals surface area contributed by atoms with E-state index in [0.29, 0.717) is 6.42 Å². The topological polar surface area (TPSA) is 17.1 Å². The van der Waals surface area contributed by atoms with Gasteiger partial charge in [-0.25, -0.2) is 8.78 Å². The highest BCUT2D eigenvalue weighted by atomic mass is 79.9. The number of carbonyl (C=O) groups is 1. The molecule has 2 aromatic carbocycles. The molecule has 19 heavy (non-hydrogen) atoms. The predicted molar refractivity (Wildman–Crippen MR) is 73.2 cm³/mol. The Kier molecular flexibility index (Phi) is 4.43. The SMILES string of the molecule is O=C(CCc1cccc(Br)c1)c1ccc(F)c(F)c1. The molecule has 0 bridgehead atoms. The lowest BCUT2D eigenvalue weighted by Crippen LogP contribution is -2.02. The van der Waals surface area contributed by atoms with E-state index in [1.54, 1.807) is 0 Å². The minimum Gasteiger partial charge on any atom is -0.294 e. The first kappa shape index (κ1) is 13.9. The summed E-state index contributed by atoms with van der Waals surface area (Å²) in [6, 6.07) is 10.9. The molecule has 0 N–H and O–H groups in total. The van der Waals surface area contributed by atoms with Crippen molar-refractivity contribution in [3.8, 4) is 0 Å². The van der Waals surface area contributed by atoms with E-state index in [4.69, 9.17) is 0 Å². The van der Waals surface area contributed by atoms with Crippen molar-refractivity contribution in [2.24, 2.45) is 0 Å². The van der Waals surface area contributed by atoms with Crippen LogP contribution in [-0.4, -0.2) is 5.78 Å². The standard InChI is InChI=1S/C15H11BrF2O/c16-12-3-1-2-10(8-12)4-7-15(19)11-5-6-13(17)14(18)9-11/h1-3,5-6,8-9H,4,7H2. The fraction of sp³-hybridized carbons (Fsp3) is 0.133. The molecule has 0 aromatic heterocycles. The van der Waals surface area contributed by atoms with E-state index in [-0.39, 0.29) is 17.8 Å². The number of Topliss-reactive ketones (excluding diaryl/α,β-unsaturated/α-hetero) is 1. The molecule has 0 atom stereocenters. The lowest BCUT2D eigenvalue weighted by Gasteiger charge is -2.03. The van der Waals surface area contributed by atoms with Gasteiger partial charge in [-0.05, 0) is 42.3 Å². The lowest BCUT2D eigenvalue weighted by atomic mass is 10.0. The molecule has 0 aliphatic rings. The highest BCUT2D eigenvalue weighted by Gasteiger charge is 2.10. The largest absolute Gasteiger partial charge is 0.294 e. The fourth-order valence-electron chi connectivity index (χ4n) is 1.76. The number of benzene rings is 2. The van der Waals surface area contributed by atoms with Crippen molar-refractivity contribution < 1.29 is 13.6 Å². The molecule has 0 spiro atoms. The van der Waals surface area contributed by atoms with Crippen LogP contribution in [0.2, 0.25) is 0 Å². The normalized spacial score (nSPS) is 10.5. The zero-order valence-electron chi connectivity index (χ0n) is 10.00. The predicted octanol–water partition coefficient (Wildman–Crippen LogP) is 4.54. The molecular formula is C15H11BrF2O. The van der Waals surface area contributed by atoms with Crippen LogP contribution < -0.4 is 0 Å². The van der Waals surface area contributed by atoms with Crippen molar-refractivity contribution in [3.05, 3.63) is 69.7 Å². The average Bonchev–Trinajstić information content (AvgIpc) is 2.39. The third-order valence-electron chi connectivity index (χ3n) is 2.77. The van der Waals surface area contributed by atoms with Gasteiger partial charge in [0.2, 0.25) is 0 Å². The van der Waals surface area contributed by atoms with Crippen LogP contribution in [0.25, 0.3) is 0 Å². The highest BCUT2D eigenvalue weighted by Crippen LogP contribution is 2.15. The van der Waals surface area contributed by atoms with Crippen LogP contribution in [0.4, 0.5) is 8.78 Å². The van der Waals surface area contributed by atoms with Crippen LogP contribution in [0, 0.1) is 11.6 Å². The van der Waals surface area contributed by atoms with E-state index in [0.717, 1.165) is 22.2 Å². The summed E-state index contributed by atoms with van der Waals surface area (Å²) in [5, 5.41) is 0. The fourth-order valence-corrected chi connectivity index (χ4v) is 2.21. The first-order chi connectivity index (χ1) is 9.06. The molecule has 0 unspecified atom stereocenters. The van der Waals surface area contributed by atoms with Crippen LogP contribution >= 0.6 is 15.9 Å². The Labute approximate surface area is 118 Å². The van der Waals surface area contributed by atoms with E-state index in [2.05, 4.69) is 15.9 Å². The zero-order valence-corrected chi connectivity index (χ0v) is 11.6. The van der Waals surface area contributed by atoms with Crippen LogP contribution in [0.5, 0.6) is 0 Å². The zero-order chi connectivity index (χ0) is 13.8. The number of carbonyl (C=O) groups excluding carboxylic acids is 1. The summed E-state index contributed by atoms with van der Waals surface area (Å²) in [5.74, 6) is -2.13. The summed E-state index contributed by atoms with van der Waals surface area (Å²) in [7, 11) is 0. The Bertz CT molecular complexity index is 611. The lowest BCUT2D eigenvalue weighted by molar-refractivity contribution is 0.0982. The Balaban J connectivity index is 2.03. The van der Waals surface area contributed by atoms with Gasteiger partial charge in [0.15, 0.2) is 17.4 Å². The van der Waals surface area contributed by atoms with E-state index in [1.165, 1.54) is 6.07 Å². The number of ketones is 1. The molecule has 0 saturated heterocycles. The van der Waals surface area contributed by atoms with E-state index in [9.17, 15) is 13.6 Å². The van der Waals surface area contributed by atoms with Gasteiger partial charge in [0, 0.05) is 16.5 Å². The van der Waals surface area contributed by atoms with Gasteiger partial charge in [0.25, 0.3) is 0 Å². The Morgan fingerprint density at radius 2 is 1.84 bits per heavy atom. The quantitative estimate of drug-likeness (QED) is 0.754. The van der Waals surface area contributed by atoms with Crippen LogP contribution in [-0.2, 0) is 6.42 Å². The Hall–Kier alpha value is -1.55. The summed E-state index contributed by atoms with van der Waals surface area (Å²) in [5.41, 5.74) is 1.22. The van der Waals surface area contributed by atoms with Crippen molar-refractivity contribution in [1.29, 1.82) is 0 Å². The molecule has 1 nitrogen and oxygen atoms in total. The van der Waals surface area contributed by atoms with E-state index < -0.39 is 11.6 Å². The molecule has 2 aromatic rings. The highest BCUT2D eigenvalue weighted by molar-refractivity contribution is 9.10. The Morgan fingerprint density at radius 3 is 2.53 bits per heavy atom. The second-order valence-electron chi connectivity index (χ2n) is 4.18. The van der Waals surface area contributed by atoms with Crippen LogP contribution in [0.1, 0.15) is 22.3 Å². The molecule has 0 heterocycles. The summed E-state index contributed by atoms with van der Waals surface area (Å²) in [6.45, 7) is 0. The maximum Gasteiger partial charge on any atom is 0.163 e. The van der Waals surface area contributed by atoms with Crippen molar-refractivity contribution in [2.45, 2.75) is 12.8 Å². The van der Waals surface area contributed by atoms with Gasteiger partial charge in [0.1, 0.15) is 0 Å². The molecule has 0 radical (unpaired) electrons. The second-order valence-corrected chi connectivity index (χ2v) is 5.10. The van der Waals surface area contributed by atoms with Gasteiger partial charge in [-0.1, -0.05) is 28.1 Å². The summed E-state index contributed by atoms with van der Waals surface area (Å²) in [4.78, 5) is 11.9. The molecular weight excluding hydrogens is 314 g/mol. The minimum absolute atomic E-state index is 0.195. The molecule has 4 heteroatoms. The number of hydrogen-bond acceptors (Lipinski definition) is 1. The molecule has 0 amide bonds. The molecule has 0 fully saturated rings. The smallest absolute Gasteiger partial charge is 0.163 e. The second kappa shape index (κ2) is 6.06. The van der Waals surface area contributed by atoms with Gasteiger partial charge >= 0.3 is 0 Å². The molecule has 2 rings (SSSR count). The first-order valence-corrected chi connectivity index (χ1v) is 6.58. The van der Waals surface area contributed by atoms with Gasteiger partial charge in [-0.15, -0.1) is 0 Å². The average molecular weight is 325 g/mol.